The van der Waals surface area contributed by atoms with Gasteiger partial charge in [0.2, 0.25) is 0 Å². The van der Waals surface area contributed by atoms with Gasteiger partial charge in [-0.15, -0.1) is 0 Å². The predicted molar refractivity (Wildman–Crippen MR) is 66.6 cm³/mol. The smallest absolute Gasteiger partial charge is 0.161 e. The molecule has 0 saturated heterocycles. The summed E-state index contributed by atoms with van der Waals surface area (Å²) in [7, 11) is 0. The minimum Gasteiger partial charge on any atom is -0.486 e. The summed E-state index contributed by atoms with van der Waals surface area (Å²) >= 11 is 0. The molecule has 0 saturated carbocycles. The topological polar surface area (TPSA) is 59.2 Å². The van der Waals surface area contributed by atoms with Crippen molar-refractivity contribution in [3.05, 3.63) is 42.0 Å². The standard InChI is InChI=1S/C13H15N3O2/c1-2-11-12(18-6-5-17-11)7-10(1)8-14-9-13-15-3-4-16-13/h1-4,7,14H,5-6,8-9H2,(H,15,16). The highest BCUT2D eigenvalue weighted by Gasteiger charge is 2.11. The highest BCUT2D eigenvalue weighted by Crippen LogP contribution is 2.30. The summed E-state index contributed by atoms with van der Waals surface area (Å²) < 4.78 is 11.0. The number of nitrogens with zero attached hydrogens (tertiary/aromatic N) is 1. The van der Waals surface area contributed by atoms with Crippen molar-refractivity contribution < 1.29 is 9.47 Å². The van der Waals surface area contributed by atoms with Crippen molar-refractivity contribution in [3.63, 3.8) is 0 Å². The highest BCUT2D eigenvalue weighted by atomic mass is 16.6. The molecule has 0 radical (unpaired) electrons. The summed E-state index contributed by atoms with van der Waals surface area (Å²) in [6, 6.07) is 6.02. The second-order valence-electron chi connectivity index (χ2n) is 4.12. The maximum atomic E-state index is 5.55. The third kappa shape index (κ3) is 2.46. The first kappa shape index (κ1) is 11.1. The van der Waals surface area contributed by atoms with Crippen molar-refractivity contribution in [2.75, 3.05) is 13.2 Å². The second kappa shape index (κ2) is 5.10. The predicted octanol–water partition coefficient (Wildman–Crippen LogP) is 1.47. The fourth-order valence-electron chi connectivity index (χ4n) is 1.92. The molecular weight excluding hydrogens is 230 g/mol. The van der Waals surface area contributed by atoms with E-state index in [1.807, 2.05) is 24.4 Å². The van der Waals surface area contributed by atoms with E-state index in [-0.39, 0.29) is 0 Å². The Morgan fingerprint density at radius 1 is 1.17 bits per heavy atom. The first-order valence-corrected chi connectivity index (χ1v) is 5.99. The third-order valence-corrected chi connectivity index (χ3v) is 2.78. The van der Waals surface area contributed by atoms with Crippen LogP contribution in [0.15, 0.2) is 30.6 Å². The summed E-state index contributed by atoms with van der Waals surface area (Å²) in [4.78, 5) is 7.21. The molecule has 0 spiro atoms. The van der Waals surface area contributed by atoms with Crippen LogP contribution in [0.3, 0.4) is 0 Å². The molecule has 0 amide bonds. The molecule has 1 aromatic heterocycles. The van der Waals surface area contributed by atoms with E-state index in [2.05, 4.69) is 15.3 Å². The van der Waals surface area contributed by atoms with Gasteiger partial charge in [0.05, 0.1) is 6.54 Å². The van der Waals surface area contributed by atoms with Crippen LogP contribution in [0.1, 0.15) is 11.4 Å². The summed E-state index contributed by atoms with van der Waals surface area (Å²) in [6.07, 6.45) is 3.57. The number of ether oxygens (including phenoxy) is 2. The molecular formula is C13H15N3O2. The third-order valence-electron chi connectivity index (χ3n) is 2.78. The van der Waals surface area contributed by atoms with Gasteiger partial charge < -0.3 is 19.8 Å². The lowest BCUT2D eigenvalue weighted by molar-refractivity contribution is 0.171. The number of hydrogen-bond donors (Lipinski definition) is 2. The van der Waals surface area contributed by atoms with Gasteiger partial charge in [0.25, 0.3) is 0 Å². The number of aromatic nitrogens is 2. The summed E-state index contributed by atoms with van der Waals surface area (Å²) in [5.41, 5.74) is 1.17. The number of nitrogens with one attached hydrogen (secondary N) is 2. The van der Waals surface area contributed by atoms with Gasteiger partial charge in [-0.2, -0.15) is 0 Å². The van der Waals surface area contributed by atoms with Crippen LogP contribution in [-0.2, 0) is 13.1 Å². The zero-order valence-corrected chi connectivity index (χ0v) is 9.98. The van der Waals surface area contributed by atoms with Crippen LogP contribution in [0.5, 0.6) is 11.5 Å². The zero-order valence-electron chi connectivity index (χ0n) is 9.98. The maximum absolute atomic E-state index is 5.55. The van der Waals surface area contributed by atoms with Crippen molar-refractivity contribution >= 4 is 0 Å². The fourth-order valence-corrected chi connectivity index (χ4v) is 1.92. The lowest BCUT2D eigenvalue weighted by Gasteiger charge is -2.18. The van der Waals surface area contributed by atoms with Gasteiger partial charge in [0.1, 0.15) is 19.0 Å². The largest absolute Gasteiger partial charge is 0.486 e. The van der Waals surface area contributed by atoms with Crippen molar-refractivity contribution in [2.24, 2.45) is 0 Å². The molecule has 18 heavy (non-hydrogen) atoms. The Morgan fingerprint density at radius 3 is 2.89 bits per heavy atom. The van der Waals surface area contributed by atoms with Gasteiger partial charge in [-0.1, -0.05) is 6.07 Å². The monoisotopic (exact) mass is 245 g/mol. The molecule has 5 nitrogen and oxygen atoms in total. The van der Waals surface area contributed by atoms with Gasteiger partial charge in [-0.05, 0) is 17.7 Å². The van der Waals surface area contributed by atoms with Crippen LogP contribution >= 0.6 is 0 Å². The van der Waals surface area contributed by atoms with E-state index < -0.39 is 0 Å². The minimum atomic E-state index is 0.621. The van der Waals surface area contributed by atoms with Crippen LogP contribution in [0.25, 0.3) is 0 Å². The van der Waals surface area contributed by atoms with Gasteiger partial charge in [0, 0.05) is 18.9 Å². The number of hydrogen-bond acceptors (Lipinski definition) is 4. The number of fused-ring (bicyclic) bond motifs is 1. The van der Waals surface area contributed by atoms with E-state index in [1.165, 1.54) is 5.56 Å². The number of aromatic amines is 1. The zero-order chi connectivity index (χ0) is 12.2. The van der Waals surface area contributed by atoms with Crippen LogP contribution in [0.4, 0.5) is 0 Å². The van der Waals surface area contributed by atoms with E-state index in [1.54, 1.807) is 6.20 Å². The lowest BCUT2D eigenvalue weighted by Crippen LogP contribution is -2.17. The molecule has 94 valence electrons. The Bertz CT molecular complexity index is 511. The van der Waals surface area contributed by atoms with Crippen LogP contribution in [-0.4, -0.2) is 23.2 Å². The SMILES string of the molecule is c1c[nH]c(CNCc2ccc3c(c2)OCCO3)n1. The number of benzene rings is 1. The van der Waals surface area contributed by atoms with Crippen molar-refractivity contribution in [2.45, 2.75) is 13.1 Å². The van der Waals surface area contributed by atoms with E-state index in [0.29, 0.717) is 13.2 Å². The van der Waals surface area contributed by atoms with E-state index in [9.17, 15) is 0 Å². The van der Waals surface area contributed by atoms with Crippen molar-refractivity contribution in [1.29, 1.82) is 0 Å². The number of imidazole rings is 1. The molecule has 2 aromatic rings. The normalized spacial score (nSPS) is 13.6. The Morgan fingerprint density at radius 2 is 2.06 bits per heavy atom. The van der Waals surface area contributed by atoms with Crippen molar-refractivity contribution in [1.82, 2.24) is 15.3 Å². The maximum Gasteiger partial charge on any atom is 0.161 e. The van der Waals surface area contributed by atoms with Gasteiger partial charge >= 0.3 is 0 Å². The summed E-state index contributed by atoms with van der Waals surface area (Å²) in [5, 5.41) is 3.32. The molecule has 3 rings (SSSR count). The molecule has 0 unspecified atom stereocenters. The second-order valence-corrected chi connectivity index (χ2v) is 4.12. The average molecular weight is 245 g/mol. The molecule has 1 aliphatic rings. The van der Waals surface area contributed by atoms with E-state index in [4.69, 9.17) is 9.47 Å². The fraction of sp³-hybridized carbons (Fsp3) is 0.308. The number of rotatable bonds is 4. The van der Waals surface area contributed by atoms with Crippen LogP contribution in [0.2, 0.25) is 0 Å². The quantitative estimate of drug-likeness (QED) is 0.856. The molecule has 0 atom stereocenters. The number of H-pyrrole nitrogens is 1. The Hall–Kier alpha value is -2.01. The Kier molecular flexibility index (Phi) is 3.14. The summed E-state index contributed by atoms with van der Waals surface area (Å²) in [5.74, 6) is 2.60. The Labute approximate surface area is 105 Å². The van der Waals surface area contributed by atoms with Gasteiger partial charge in [0.15, 0.2) is 11.5 Å². The minimum absolute atomic E-state index is 0.621. The first-order valence-electron chi connectivity index (χ1n) is 5.99. The molecule has 2 heterocycles. The molecule has 0 fully saturated rings. The molecule has 1 aromatic carbocycles. The molecule has 0 bridgehead atoms. The molecule has 1 aliphatic heterocycles. The van der Waals surface area contributed by atoms with E-state index >= 15 is 0 Å². The highest BCUT2D eigenvalue weighted by molar-refractivity contribution is 5.43. The van der Waals surface area contributed by atoms with Gasteiger partial charge in [-0.3, -0.25) is 0 Å². The van der Waals surface area contributed by atoms with Crippen LogP contribution in [0, 0.1) is 0 Å². The molecule has 2 N–H and O–H groups in total. The first-order chi connectivity index (χ1) is 8.92. The molecule has 5 heteroatoms. The Balaban J connectivity index is 1.59. The van der Waals surface area contributed by atoms with Crippen LogP contribution < -0.4 is 14.8 Å². The van der Waals surface area contributed by atoms with Crippen molar-refractivity contribution in [3.8, 4) is 11.5 Å². The average Bonchev–Trinajstić information content (AvgIpc) is 2.92. The van der Waals surface area contributed by atoms with Gasteiger partial charge in [-0.25, -0.2) is 4.98 Å². The van der Waals surface area contributed by atoms with E-state index in [0.717, 1.165) is 30.4 Å². The lowest BCUT2D eigenvalue weighted by atomic mass is 10.2. The summed E-state index contributed by atoms with van der Waals surface area (Å²) in [6.45, 7) is 2.75. The molecule has 0 aliphatic carbocycles.